The summed E-state index contributed by atoms with van der Waals surface area (Å²) in [7, 11) is 2.92. The first kappa shape index (κ1) is 16.5. The number of nitrogens with zero attached hydrogens (tertiary/aromatic N) is 1. The van der Waals surface area contributed by atoms with Crippen molar-refractivity contribution in [2.45, 2.75) is 6.42 Å². The van der Waals surface area contributed by atoms with Gasteiger partial charge in [0, 0.05) is 16.7 Å². The number of hydrogen-bond acceptors (Lipinski definition) is 4. The van der Waals surface area contributed by atoms with Gasteiger partial charge in [-0.1, -0.05) is 0 Å². The van der Waals surface area contributed by atoms with Crippen LogP contribution in [-0.2, 0) is 11.2 Å². The molecule has 1 amide bonds. The first-order chi connectivity index (χ1) is 11.5. The molecule has 1 aliphatic heterocycles. The zero-order valence-electron chi connectivity index (χ0n) is 13.3. The lowest BCUT2D eigenvalue weighted by molar-refractivity contribution is 0.0600. The molecular formula is C18H16BrNO4. The molecule has 0 unspecified atom stereocenters. The lowest BCUT2D eigenvalue weighted by Gasteiger charge is -2.19. The van der Waals surface area contributed by atoms with Crippen LogP contribution in [0, 0.1) is 0 Å². The molecule has 2 aromatic rings. The van der Waals surface area contributed by atoms with Crippen molar-refractivity contribution in [3.8, 4) is 5.75 Å². The topological polar surface area (TPSA) is 55.8 Å². The molecular weight excluding hydrogens is 374 g/mol. The van der Waals surface area contributed by atoms with Crippen LogP contribution in [0.5, 0.6) is 5.75 Å². The monoisotopic (exact) mass is 389 g/mol. The molecule has 0 saturated carbocycles. The van der Waals surface area contributed by atoms with Crippen molar-refractivity contribution in [1.29, 1.82) is 0 Å². The highest BCUT2D eigenvalue weighted by atomic mass is 79.9. The second-order valence-corrected chi connectivity index (χ2v) is 6.24. The molecule has 0 saturated heterocycles. The van der Waals surface area contributed by atoms with E-state index in [4.69, 9.17) is 9.47 Å². The van der Waals surface area contributed by atoms with Crippen LogP contribution in [0.25, 0.3) is 0 Å². The Kier molecular flexibility index (Phi) is 4.57. The quantitative estimate of drug-likeness (QED) is 0.754. The number of rotatable bonds is 3. The molecule has 0 bridgehead atoms. The number of amides is 1. The zero-order valence-corrected chi connectivity index (χ0v) is 14.9. The van der Waals surface area contributed by atoms with Crippen LogP contribution >= 0.6 is 15.9 Å². The Morgan fingerprint density at radius 2 is 1.92 bits per heavy atom. The standard InChI is InChI=1S/C18H16BrNO4/c1-23-13-4-5-15(19)14(10-13)17(21)20-8-7-11-9-12(18(22)24-2)3-6-16(11)20/h3-6,9-10H,7-8H2,1-2H3. The van der Waals surface area contributed by atoms with E-state index in [0.717, 1.165) is 11.3 Å². The first-order valence-corrected chi connectivity index (χ1v) is 8.21. The molecule has 0 aliphatic carbocycles. The Labute approximate surface area is 148 Å². The molecule has 24 heavy (non-hydrogen) atoms. The molecule has 124 valence electrons. The van der Waals surface area contributed by atoms with Crippen molar-refractivity contribution in [3.63, 3.8) is 0 Å². The smallest absolute Gasteiger partial charge is 0.337 e. The minimum atomic E-state index is -0.377. The van der Waals surface area contributed by atoms with Gasteiger partial charge in [0.05, 0.1) is 25.3 Å². The average Bonchev–Trinajstić information content (AvgIpc) is 3.04. The summed E-state index contributed by atoms with van der Waals surface area (Å²) >= 11 is 3.42. The van der Waals surface area contributed by atoms with E-state index < -0.39 is 0 Å². The van der Waals surface area contributed by atoms with E-state index in [-0.39, 0.29) is 11.9 Å². The van der Waals surface area contributed by atoms with Gasteiger partial charge in [-0.3, -0.25) is 4.79 Å². The lowest BCUT2D eigenvalue weighted by atomic mass is 10.1. The van der Waals surface area contributed by atoms with Crippen molar-refractivity contribution >= 4 is 33.5 Å². The number of benzene rings is 2. The van der Waals surface area contributed by atoms with Gasteiger partial charge < -0.3 is 14.4 Å². The highest BCUT2D eigenvalue weighted by Crippen LogP contribution is 2.32. The van der Waals surface area contributed by atoms with Gasteiger partial charge in [0.15, 0.2) is 0 Å². The summed E-state index contributed by atoms with van der Waals surface area (Å²) < 4.78 is 10.7. The van der Waals surface area contributed by atoms with E-state index in [1.54, 1.807) is 48.4 Å². The van der Waals surface area contributed by atoms with Crippen molar-refractivity contribution in [2.24, 2.45) is 0 Å². The maximum atomic E-state index is 12.9. The van der Waals surface area contributed by atoms with Crippen molar-refractivity contribution in [3.05, 3.63) is 57.6 Å². The summed E-state index contributed by atoms with van der Waals surface area (Å²) in [5.74, 6) is 0.144. The fourth-order valence-electron chi connectivity index (χ4n) is 2.80. The fraction of sp³-hybridized carbons (Fsp3) is 0.222. The second kappa shape index (κ2) is 6.65. The number of carbonyl (C=O) groups excluding carboxylic acids is 2. The second-order valence-electron chi connectivity index (χ2n) is 5.39. The molecule has 0 aromatic heterocycles. The zero-order chi connectivity index (χ0) is 17.3. The number of methoxy groups -OCH3 is 2. The Morgan fingerprint density at radius 1 is 1.12 bits per heavy atom. The number of hydrogen-bond donors (Lipinski definition) is 0. The molecule has 1 aliphatic rings. The normalized spacial score (nSPS) is 12.7. The van der Waals surface area contributed by atoms with Gasteiger partial charge >= 0.3 is 5.97 Å². The van der Waals surface area contributed by atoms with E-state index in [0.29, 0.717) is 34.3 Å². The largest absolute Gasteiger partial charge is 0.497 e. The summed E-state index contributed by atoms with van der Waals surface area (Å²) in [5, 5.41) is 0. The SMILES string of the molecule is COC(=O)c1ccc2c(c1)CCN2C(=O)c1cc(OC)ccc1Br. The summed E-state index contributed by atoms with van der Waals surface area (Å²) in [4.78, 5) is 26.3. The minimum absolute atomic E-state index is 0.106. The molecule has 0 N–H and O–H groups in total. The third-order valence-corrected chi connectivity index (χ3v) is 4.74. The summed E-state index contributed by atoms with van der Waals surface area (Å²) in [6.07, 6.45) is 0.702. The van der Waals surface area contributed by atoms with Gasteiger partial charge in [0.2, 0.25) is 0 Å². The number of fused-ring (bicyclic) bond motifs is 1. The van der Waals surface area contributed by atoms with Gasteiger partial charge in [-0.05, 0) is 64.3 Å². The van der Waals surface area contributed by atoms with E-state index in [2.05, 4.69) is 15.9 Å². The third-order valence-electron chi connectivity index (χ3n) is 4.05. The highest BCUT2D eigenvalue weighted by molar-refractivity contribution is 9.10. The van der Waals surface area contributed by atoms with Gasteiger partial charge in [-0.2, -0.15) is 0 Å². The Bertz CT molecular complexity index is 819. The molecule has 0 atom stereocenters. The number of carbonyl (C=O) groups is 2. The fourth-order valence-corrected chi connectivity index (χ4v) is 3.21. The minimum Gasteiger partial charge on any atom is -0.497 e. The maximum Gasteiger partial charge on any atom is 0.337 e. The summed E-state index contributed by atoms with van der Waals surface area (Å²) in [6.45, 7) is 0.572. The number of halogens is 1. The highest BCUT2D eigenvalue weighted by Gasteiger charge is 2.27. The van der Waals surface area contributed by atoms with Gasteiger partial charge in [-0.25, -0.2) is 4.79 Å². The van der Waals surface area contributed by atoms with Crippen LogP contribution in [0.3, 0.4) is 0 Å². The molecule has 0 fully saturated rings. The van der Waals surface area contributed by atoms with Gasteiger partial charge in [-0.15, -0.1) is 0 Å². The van der Waals surface area contributed by atoms with Crippen LogP contribution in [-0.4, -0.2) is 32.6 Å². The van der Waals surface area contributed by atoms with E-state index in [1.165, 1.54) is 7.11 Å². The molecule has 2 aromatic carbocycles. The summed E-state index contributed by atoms with van der Waals surface area (Å²) in [5.41, 5.74) is 2.82. The average molecular weight is 390 g/mol. The van der Waals surface area contributed by atoms with Crippen LogP contribution < -0.4 is 9.64 Å². The molecule has 0 radical (unpaired) electrons. The predicted molar refractivity (Wildman–Crippen MR) is 93.9 cm³/mol. The van der Waals surface area contributed by atoms with Crippen LogP contribution in [0.2, 0.25) is 0 Å². The molecule has 3 rings (SSSR count). The molecule has 5 nitrogen and oxygen atoms in total. The Hall–Kier alpha value is -2.34. The molecule has 6 heteroatoms. The van der Waals surface area contributed by atoms with Crippen molar-refractivity contribution in [2.75, 3.05) is 25.7 Å². The number of anilines is 1. The van der Waals surface area contributed by atoms with E-state index in [1.807, 2.05) is 0 Å². The third kappa shape index (κ3) is 2.89. The molecule has 1 heterocycles. The van der Waals surface area contributed by atoms with Gasteiger partial charge in [0.1, 0.15) is 5.75 Å². The van der Waals surface area contributed by atoms with Crippen LogP contribution in [0.1, 0.15) is 26.3 Å². The first-order valence-electron chi connectivity index (χ1n) is 7.42. The Morgan fingerprint density at radius 3 is 2.62 bits per heavy atom. The molecule has 0 spiro atoms. The summed E-state index contributed by atoms with van der Waals surface area (Å²) in [6, 6.07) is 10.6. The number of esters is 1. The predicted octanol–water partition coefficient (Wildman–Crippen LogP) is 3.45. The van der Waals surface area contributed by atoms with E-state index in [9.17, 15) is 9.59 Å². The van der Waals surface area contributed by atoms with E-state index >= 15 is 0 Å². The lowest BCUT2D eigenvalue weighted by Crippen LogP contribution is -2.29. The Balaban J connectivity index is 1.94. The van der Waals surface area contributed by atoms with Crippen LogP contribution in [0.4, 0.5) is 5.69 Å². The maximum absolute atomic E-state index is 12.9. The van der Waals surface area contributed by atoms with Gasteiger partial charge in [0.25, 0.3) is 5.91 Å². The van der Waals surface area contributed by atoms with Crippen LogP contribution in [0.15, 0.2) is 40.9 Å². The van der Waals surface area contributed by atoms with Crippen molar-refractivity contribution in [1.82, 2.24) is 0 Å². The van der Waals surface area contributed by atoms with Crippen molar-refractivity contribution < 1.29 is 19.1 Å². The number of ether oxygens (including phenoxy) is 2.